The molecule has 1 heterocycles. The predicted molar refractivity (Wildman–Crippen MR) is 74.2 cm³/mol. The van der Waals surface area contributed by atoms with Crippen LogP contribution in [-0.4, -0.2) is 4.98 Å². The van der Waals surface area contributed by atoms with Gasteiger partial charge in [0.1, 0.15) is 0 Å². The Morgan fingerprint density at radius 1 is 1.19 bits per heavy atom. The van der Waals surface area contributed by atoms with Crippen molar-refractivity contribution in [3.8, 4) is 0 Å². The highest BCUT2D eigenvalue weighted by molar-refractivity contribution is 5.29. The highest BCUT2D eigenvalue weighted by atomic mass is 19.4. The zero-order chi connectivity index (χ0) is 15.5. The Kier molecular flexibility index (Phi) is 4.59. The second-order valence-electron chi connectivity index (χ2n) is 4.85. The van der Waals surface area contributed by atoms with Crippen molar-refractivity contribution in [2.75, 3.05) is 0 Å². The fraction of sp³-hybridized carbons (Fsp3) is 0.267. The number of rotatable bonds is 4. The van der Waals surface area contributed by atoms with Crippen LogP contribution in [0, 0.1) is 6.92 Å². The summed E-state index contributed by atoms with van der Waals surface area (Å²) in [6, 6.07) is 6.78. The molecule has 0 spiro atoms. The Hall–Kier alpha value is -1.92. The van der Waals surface area contributed by atoms with Gasteiger partial charge < -0.3 is 0 Å². The number of hydrazine groups is 1. The zero-order valence-electron chi connectivity index (χ0n) is 11.5. The standard InChI is InChI=1S/C15H16F3N3/c1-10-6-7-20-9-13(10)14(21-19)8-11-2-4-12(5-3-11)15(16,17)18/h2-7,9,14,21H,8,19H2,1H3. The van der Waals surface area contributed by atoms with E-state index in [9.17, 15) is 13.2 Å². The molecule has 2 rings (SSSR count). The molecular formula is C15H16F3N3. The first-order valence-corrected chi connectivity index (χ1v) is 6.44. The van der Waals surface area contributed by atoms with Gasteiger partial charge in [0.05, 0.1) is 11.6 Å². The van der Waals surface area contributed by atoms with Crippen molar-refractivity contribution < 1.29 is 13.2 Å². The smallest absolute Gasteiger partial charge is 0.271 e. The topological polar surface area (TPSA) is 50.9 Å². The maximum atomic E-state index is 12.5. The van der Waals surface area contributed by atoms with Gasteiger partial charge in [0, 0.05) is 12.4 Å². The Bertz CT molecular complexity index is 594. The summed E-state index contributed by atoms with van der Waals surface area (Å²) in [6.45, 7) is 1.94. The molecule has 0 aliphatic carbocycles. The maximum absolute atomic E-state index is 12.5. The van der Waals surface area contributed by atoms with Gasteiger partial charge in [-0.1, -0.05) is 12.1 Å². The number of hydrogen-bond donors (Lipinski definition) is 2. The van der Waals surface area contributed by atoms with Crippen LogP contribution in [0.5, 0.6) is 0 Å². The van der Waals surface area contributed by atoms with Gasteiger partial charge in [-0.2, -0.15) is 13.2 Å². The fourth-order valence-electron chi connectivity index (χ4n) is 2.17. The maximum Gasteiger partial charge on any atom is 0.416 e. The van der Waals surface area contributed by atoms with Gasteiger partial charge in [-0.25, -0.2) is 0 Å². The minimum atomic E-state index is -4.32. The van der Waals surface area contributed by atoms with Gasteiger partial charge in [0.2, 0.25) is 0 Å². The molecule has 0 saturated carbocycles. The van der Waals surface area contributed by atoms with E-state index in [-0.39, 0.29) is 6.04 Å². The Balaban J connectivity index is 2.18. The molecule has 112 valence electrons. The van der Waals surface area contributed by atoms with E-state index < -0.39 is 11.7 Å². The number of halogens is 3. The van der Waals surface area contributed by atoms with Crippen LogP contribution >= 0.6 is 0 Å². The molecule has 0 fully saturated rings. The number of aryl methyl sites for hydroxylation is 1. The van der Waals surface area contributed by atoms with E-state index >= 15 is 0 Å². The van der Waals surface area contributed by atoms with Crippen LogP contribution in [0.4, 0.5) is 13.2 Å². The molecule has 3 N–H and O–H groups in total. The van der Waals surface area contributed by atoms with Gasteiger partial charge in [-0.3, -0.25) is 16.3 Å². The quantitative estimate of drug-likeness (QED) is 0.673. The number of aromatic nitrogens is 1. The van der Waals surface area contributed by atoms with Crippen LogP contribution in [0.3, 0.4) is 0 Å². The number of nitrogens with zero attached hydrogens (tertiary/aromatic N) is 1. The van der Waals surface area contributed by atoms with E-state index in [1.807, 2.05) is 13.0 Å². The summed E-state index contributed by atoms with van der Waals surface area (Å²) in [5.41, 5.74) is 4.77. The summed E-state index contributed by atoms with van der Waals surface area (Å²) in [5.74, 6) is 5.56. The second-order valence-corrected chi connectivity index (χ2v) is 4.85. The lowest BCUT2D eigenvalue weighted by Crippen LogP contribution is -2.30. The first-order valence-electron chi connectivity index (χ1n) is 6.44. The van der Waals surface area contributed by atoms with E-state index in [1.54, 1.807) is 12.4 Å². The number of nitrogens with one attached hydrogen (secondary N) is 1. The van der Waals surface area contributed by atoms with Gasteiger partial charge in [0.15, 0.2) is 0 Å². The van der Waals surface area contributed by atoms with Crippen molar-refractivity contribution in [2.45, 2.75) is 25.6 Å². The molecule has 0 aliphatic rings. The number of alkyl halides is 3. The van der Waals surface area contributed by atoms with Crippen molar-refractivity contribution in [3.05, 3.63) is 65.0 Å². The third kappa shape index (κ3) is 3.80. The molecule has 0 radical (unpaired) electrons. The summed E-state index contributed by atoms with van der Waals surface area (Å²) < 4.78 is 37.6. The van der Waals surface area contributed by atoms with Crippen LogP contribution < -0.4 is 11.3 Å². The summed E-state index contributed by atoms with van der Waals surface area (Å²) in [7, 11) is 0. The molecule has 0 aliphatic heterocycles. The molecule has 1 unspecified atom stereocenters. The van der Waals surface area contributed by atoms with Crippen molar-refractivity contribution >= 4 is 0 Å². The number of pyridine rings is 1. The average molecular weight is 295 g/mol. The van der Waals surface area contributed by atoms with Crippen LogP contribution in [0.2, 0.25) is 0 Å². The number of hydrogen-bond acceptors (Lipinski definition) is 3. The lowest BCUT2D eigenvalue weighted by molar-refractivity contribution is -0.137. The van der Waals surface area contributed by atoms with E-state index in [0.29, 0.717) is 6.42 Å². The molecule has 1 aromatic carbocycles. The first-order chi connectivity index (χ1) is 9.91. The van der Waals surface area contributed by atoms with Gasteiger partial charge in [-0.05, 0) is 48.2 Å². The van der Waals surface area contributed by atoms with Crippen LogP contribution in [0.15, 0.2) is 42.7 Å². The molecule has 6 heteroatoms. The highest BCUT2D eigenvalue weighted by Crippen LogP contribution is 2.29. The van der Waals surface area contributed by atoms with Crippen LogP contribution in [0.1, 0.15) is 28.3 Å². The summed E-state index contributed by atoms with van der Waals surface area (Å²) >= 11 is 0. The third-order valence-electron chi connectivity index (χ3n) is 3.38. The van der Waals surface area contributed by atoms with Crippen molar-refractivity contribution in [1.82, 2.24) is 10.4 Å². The molecule has 0 saturated heterocycles. The lowest BCUT2D eigenvalue weighted by Gasteiger charge is -2.18. The fourth-order valence-corrected chi connectivity index (χ4v) is 2.17. The second kappa shape index (κ2) is 6.24. The van der Waals surface area contributed by atoms with Crippen molar-refractivity contribution in [1.29, 1.82) is 0 Å². The van der Waals surface area contributed by atoms with Crippen molar-refractivity contribution in [3.63, 3.8) is 0 Å². The third-order valence-corrected chi connectivity index (χ3v) is 3.38. The number of nitrogens with two attached hydrogens (primary N) is 1. The van der Waals surface area contributed by atoms with Crippen LogP contribution in [-0.2, 0) is 12.6 Å². The van der Waals surface area contributed by atoms with E-state index in [4.69, 9.17) is 5.84 Å². The zero-order valence-corrected chi connectivity index (χ0v) is 11.5. The lowest BCUT2D eigenvalue weighted by atomic mass is 9.97. The molecule has 1 atom stereocenters. The molecule has 0 amide bonds. The average Bonchev–Trinajstić information content (AvgIpc) is 2.45. The summed E-state index contributed by atoms with van der Waals surface area (Å²) in [4.78, 5) is 4.06. The minimum Gasteiger partial charge on any atom is -0.271 e. The molecule has 3 nitrogen and oxygen atoms in total. The Morgan fingerprint density at radius 2 is 1.86 bits per heavy atom. The van der Waals surface area contributed by atoms with Gasteiger partial charge in [0.25, 0.3) is 0 Å². The van der Waals surface area contributed by atoms with Crippen LogP contribution in [0.25, 0.3) is 0 Å². The molecule has 21 heavy (non-hydrogen) atoms. The minimum absolute atomic E-state index is 0.199. The van der Waals surface area contributed by atoms with Crippen molar-refractivity contribution in [2.24, 2.45) is 5.84 Å². The summed E-state index contributed by atoms with van der Waals surface area (Å²) in [5, 5.41) is 0. The van der Waals surface area contributed by atoms with E-state index in [0.717, 1.165) is 28.8 Å². The van der Waals surface area contributed by atoms with Gasteiger partial charge in [-0.15, -0.1) is 0 Å². The normalized spacial score (nSPS) is 13.2. The van der Waals surface area contributed by atoms with Gasteiger partial charge >= 0.3 is 6.18 Å². The summed E-state index contributed by atoms with van der Waals surface area (Å²) in [6.07, 6.45) is -0.431. The molecule has 2 aromatic rings. The highest BCUT2D eigenvalue weighted by Gasteiger charge is 2.30. The predicted octanol–water partition coefficient (Wildman–Crippen LogP) is 3.16. The first kappa shape index (κ1) is 15.5. The SMILES string of the molecule is Cc1ccncc1C(Cc1ccc(C(F)(F)F)cc1)NN. The largest absolute Gasteiger partial charge is 0.416 e. The number of benzene rings is 1. The Morgan fingerprint density at radius 3 is 2.38 bits per heavy atom. The monoisotopic (exact) mass is 295 g/mol. The van der Waals surface area contributed by atoms with E-state index in [1.165, 1.54) is 12.1 Å². The molecule has 1 aromatic heterocycles. The Labute approximate surface area is 121 Å². The molecule has 0 bridgehead atoms. The van der Waals surface area contributed by atoms with E-state index in [2.05, 4.69) is 10.4 Å². The molecular weight excluding hydrogens is 279 g/mol.